The van der Waals surface area contributed by atoms with E-state index < -0.39 is 0 Å². The number of rotatable bonds is 6. The Hall–Kier alpha value is -2.20. The van der Waals surface area contributed by atoms with Crippen LogP contribution in [0.15, 0.2) is 54.9 Å². The van der Waals surface area contributed by atoms with Crippen molar-refractivity contribution in [3.05, 3.63) is 66.0 Å². The fraction of sp³-hybridized carbons (Fsp3) is 0.400. The molecule has 1 aliphatic rings. The highest BCUT2D eigenvalue weighted by atomic mass is 16.1. The molecular weight excluding hydrogens is 298 g/mol. The summed E-state index contributed by atoms with van der Waals surface area (Å²) in [6.07, 6.45) is 5.02. The number of likely N-dealkylation sites (tertiary alicyclic amines) is 1. The first-order valence-corrected chi connectivity index (χ1v) is 8.65. The Balaban J connectivity index is 1.46. The Morgan fingerprint density at radius 1 is 1.21 bits per heavy atom. The number of benzene rings is 1. The minimum Gasteiger partial charge on any atom is -0.353 e. The molecule has 24 heavy (non-hydrogen) atoms. The van der Waals surface area contributed by atoms with Gasteiger partial charge in [0.1, 0.15) is 0 Å². The number of carbonyl (C=O) groups excluding carboxylic acids is 1. The van der Waals surface area contributed by atoms with Gasteiger partial charge in [0.05, 0.1) is 6.42 Å². The predicted molar refractivity (Wildman–Crippen MR) is 95.4 cm³/mol. The van der Waals surface area contributed by atoms with E-state index in [1.807, 2.05) is 12.1 Å². The zero-order chi connectivity index (χ0) is 16.8. The number of amides is 1. The summed E-state index contributed by atoms with van der Waals surface area (Å²) in [5, 5.41) is 3.17. The summed E-state index contributed by atoms with van der Waals surface area (Å²) in [5.74, 6) is 0.616. The molecular formula is C20H25N3O. The molecule has 0 unspecified atom stereocenters. The second kappa shape index (κ2) is 8.06. The number of nitrogens with zero attached hydrogens (tertiary/aromatic N) is 2. The number of hydrogen-bond acceptors (Lipinski definition) is 3. The largest absolute Gasteiger partial charge is 0.353 e. The summed E-state index contributed by atoms with van der Waals surface area (Å²) in [4.78, 5) is 18.7. The molecule has 3 rings (SSSR count). The van der Waals surface area contributed by atoms with Crippen LogP contribution in [0.2, 0.25) is 0 Å². The van der Waals surface area contributed by atoms with Gasteiger partial charge in [0.15, 0.2) is 0 Å². The molecule has 1 saturated heterocycles. The number of pyridine rings is 1. The summed E-state index contributed by atoms with van der Waals surface area (Å²) < 4.78 is 0. The molecule has 2 aromatic rings. The van der Waals surface area contributed by atoms with Crippen LogP contribution >= 0.6 is 0 Å². The zero-order valence-electron chi connectivity index (χ0n) is 14.2. The number of carbonyl (C=O) groups is 1. The molecule has 1 N–H and O–H groups in total. The van der Waals surface area contributed by atoms with Crippen molar-refractivity contribution in [3.8, 4) is 0 Å². The molecule has 1 aliphatic heterocycles. The van der Waals surface area contributed by atoms with Crippen molar-refractivity contribution in [2.45, 2.75) is 32.4 Å². The Labute approximate surface area is 143 Å². The topological polar surface area (TPSA) is 45.2 Å². The maximum Gasteiger partial charge on any atom is 0.224 e. The monoisotopic (exact) mass is 323 g/mol. The van der Waals surface area contributed by atoms with Gasteiger partial charge < -0.3 is 5.32 Å². The maximum absolute atomic E-state index is 12.2. The van der Waals surface area contributed by atoms with Gasteiger partial charge in [0, 0.05) is 31.5 Å². The van der Waals surface area contributed by atoms with Crippen molar-refractivity contribution in [2.75, 3.05) is 13.1 Å². The van der Waals surface area contributed by atoms with Crippen LogP contribution in [-0.2, 0) is 17.8 Å². The maximum atomic E-state index is 12.2. The Bertz CT molecular complexity index is 644. The number of nitrogens with one attached hydrogen (secondary N) is 1. The second-order valence-corrected chi connectivity index (χ2v) is 6.66. The fourth-order valence-corrected chi connectivity index (χ4v) is 3.36. The molecule has 1 aromatic carbocycles. The minimum absolute atomic E-state index is 0.0928. The first-order valence-electron chi connectivity index (χ1n) is 8.65. The van der Waals surface area contributed by atoms with Gasteiger partial charge in [-0.25, -0.2) is 0 Å². The molecule has 1 fully saturated rings. The van der Waals surface area contributed by atoms with Crippen LogP contribution in [-0.4, -0.2) is 34.9 Å². The Morgan fingerprint density at radius 2 is 1.96 bits per heavy atom. The van der Waals surface area contributed by atoms with Crippen molar-refractivity contribution in [2.24, 2.45) is 5.92 Å². The van der Waals surface area contributed by atoms with E-state index in [0.29, 0.717) is 12.3 Å². The predicted octanol–water partition coefficient (Wildman–Crippen LogP) is 2.65. The highest BCUT2D eigenvalue weighted by molar-refractivity contribution is 5.78. The number of hydrogen-bond donors (Lipinski definition) is 1. The van der Waals surface area contributed by atoms with Crippen molar-refractivity contribution in [1.82, 2.24) is 15.2 Å². The van der Waals surface area contributed by atoms with Crippen LogP contribution < -0.4 is 5.32 Å². The van der Waals surface area contributed by atoms with E-state index in [1.165, 1.54) is 5.56 Å². The van der Waals surface area contributed by atoms with E-state index in [9.17, 15) is 4.79 Å². The fourth-order valence-electron chi connectivity index (χ4n) is 3.36. The van der Waals surface area contributed by atoms with E-state index in [-0.39, 0.29) is 11.9 Å². The summed E-state index contributed by atoms with van der Waals surface area (Å²) >= 11 is 0. The van der Waals surface area contributed by atoms with E-state index in [1.54, 1.807) is 12.4 Å². The van der Waals surface area contributed by atoms with Gasteiger partial charge >= 0.3 is 0 Å². The number of aromatic nitrogens is 1. The van der Waals surface area contributed by atoms with Gasteiger partial charge in [0.2, 0.25) is 5.91 Å². The molecule has 1 amide bonds. The lowest BCUT2D eigenvalue weighted by atomic mass is 10.0. The Morgan fingerprint density at radius 3 is 2.71 bits per heavy atom. The average Bonchev–Trinajstić information content (AvgIpc) is 3.05. The molecule has 2 atom stereocenters. The molecule has 1 aromatic heterocycles. The molecule has 0 aliphatic carbocycles. The quantitative estimate of drug-likeness (QED) is 0.889. The SMILES string of the molecule is C[C@@H](NC(=O)Cc1ccncc1)[C@@H]1CCN(Cc2ccccc2)C1. The minimum atomic E-state index is 0.0928. The van der Waals surface area contributed by atoms with Gasteiger partial charge in [-0.15, -0.1) is 0 Å². The molecule has 0 radical (unpaired) electrons. The molecule has 2 heterocycles. The molecule has 0 saturated carbocycles. The van der Waals surface area contributed by atoms with Gasteiger partial charge in [-0.05, 0) is 49.1 Å². The lowest BCUT2D eigenvalue weighted by Gasteiger charge is -2.22. The van der Waals surface area contributed by atoms with Crippen molar-refractivity contribution < 1.29 is 4.79 Å². The third kappa shape index (κ3) is 4.65. The summed E-state index contributed by atoms with van der Waals surface area (Å²) in [5.41, 5.74) is 2.36. The third-order valence-electron chi connectivity index (χ3n) is 4.77. The molecule has 126 valence electrons. The molecule has 4 nitrogen and oxygen atoms in total. The van der Waals surface area contributed by atoms with E-state index in [0.717, 1.165) is 31.6 Å². The third-order valence-corrected chi connectivity index (χ3v) is 4.77. The van der Waals surface area contributed by atoms with Crippen LogP contribution in [0.1, 0.15) is 24.5 Å². The van der Waals surface area contributed by atoms with Crippen LogP contribution in [0.3, 0.4) is 0 Å². The first kappa shape index (κ1) is 16.7. The van der Waals surface area contributed by atoms with Crippen LogP contribution in [0.25, 0.3) is 0 Å². The molecule has 0 spiro atoms. The summed E-state index contributed by atoms with van der Waals surface area (Å²) in [6, 6.07) is 14.6. The van der Waals surface area contributed by atoms with Gasteiger partial charge in [0.25, 0.3) is 0 Å². The standard InChI is InChI=1S/C20H25N3O/c1-16(22-20(24)13-17-7-10-21-11-8-17)19-9-12-23(15-19)14-18-5-3-2-4-6-18/h2-8,10-11,16,19H,9,12-15H2,1H3,(H,22,24)/t16-,19-/m1/s1. The Kier molecular flexibility index (Phi) is 5.59. The smallest absolute Gasteiger partial charge is 0.224 e. The highest BCUT2D eigenvalue weighted by Gasteiger charge is 2.27. The van der Waals surface area contributed by atoms with E-state index in [2.05, 4.69) is 52.5 Å². The zero-order valence-corrected chi connectivity index (χ0v) is 14.2. The lowest BCUT2D eigenvalue weighted by molar-refractivity contribution is -0.121. The van der Waals surface area contributed by atoms with Crippen LogP contribution in [0.5, 0.6) is 0 Å². The van der Waals surface area contributed by atoms with Crippen molar-refractivity contribution in [3.63, 3.8) is 0 Å². The first-order chi connectivity index (χ1) is 11.7. The normalized spacial score (nSPS) is 19.1. The molecule has 4 heteroatoms. The van der Waals surface area contributed by atoms with Crippen molar-refractivity contribution in [1.29, 1.82) is 0 Å². The van der Waals surface area contributed by atoms with Crippen LogP contribution in [0, 0.1) is 5.92 Å². The van der Waals surface area contributed by atoms with Gasteiger partial charge in [-0.3, -0.25) is 14.7 Å². The summed E-state index contributed by atoms with van der Waals surface area (Å²) in [7, 11) is 0. The van der Waals surface area contributed by atoms with Crippen LogP contribution in [0.4, 0.5) is 0 Å². The van der Waals surface area contributed by atoms with Crippen molar-refractivity contribution >= 4 is 5.91 Å². The summed E-state index contributed by atoms with van der Waals surface area (Å²) in [6.45, 7) is 5.27. The average molecular weight is 323 g/mol. The van der Waals surface area contributed by atoms with E-state index in [4.69, 9.17) is 0 Å². The highest BCUT2D eigenvalue weighted by Crippen LogP contribution is 2.21. The van der Waals surface area contributed by atoms with Gasteiger partial charge in [-0.2, -0.15) is 0 Å². The van der Waals surface area contributed by atoms with Gasteiger partial charge in [-0.1, -0.05) is 30.3 Å². The molecule has 0 bridgehead atoms. The lowest BCUT2D eigenvalue weighted by Crippen LogP contribution is -2.40. The second-order valence-electron chi connectivity index (χ2n) is 6.66. The van der Waals surface area contributed by atoms with E-state index >= 15 is 0 Å².